The molecule has 0 atom stereocenters. The van der Waals surface area contributed by atoms with Gasteiger partial charge < -0.3 is 0 Å². The summed E-state index contributed by atoms with van der Waals surface area (Å²) in [6.07, 6.45) is 1.38. The average molecular weight is 327 g/mol. The zero-order valence-corrected chi connectivity index (χ0v) is 12.6. The summed E-state index contributed by atoms with van der Waals surface area (Å²) in [5.41, 5.74) is 0.754. The van der Waals surface area contributed by atoms with Crippen molar-refractivity contribution in [3.63, 3.8) is 0 Å². The molecule has 6 heteroatoms. The maximum absolute atomic E-state index is 12.6. The van der Waals surface area contributed by atoms with Gasteiger partial charge in [-0.2, -0.15) is 0 Å². The first kappa shape index (κ1) is 15.0. The molecule has 1 heterocycles. The SMILES string of the molecule is O=C1NC(=O)N(c2ccccc2)C(=O)/C1=C\c1ccccc1Cl. The van der Waals surface area contributed by atoms with Crippen molar-refractivity contribution in [2.45, 2.75) is 0 Å². The van der Waals surface area contributed by atoms with Crippen molar-refractivity contribution in [2.75, 3.05) is 4.90 Å². The predicted molar refractivity (Wildman–Crippen MR) is 86.9 cm³/mol. The standard InChI is InChI=1S/C17H11ClN2O3/c18-14-9-5-4-6-11(14)10-13-15(21)19-17(23)20(16(13)22)12-7-2-1-3-8-12/h1-10H,(H,19,21,23)/b13-10-. The van der Waals surface area contributed by atoms with Crippen molar-refractivity contribution in [1.29, 1.82) is 0 Å². The molecule has 0 saturated carbocycles. The Balaban J connectivity index is 2.04. The number of carbonyl (C=O) groups excluding carboxylic acids is 3. The minimum absolute atomic E-state index is 0.151. The lowest BCUT2D eigenvalue weighted by Crippen LogP contribution is -2.54. The van der Waals surface area contributed by atoms with Crippen LogP contribution in [0.25, 0.3) is 6.08 Å². The summed E-state index contributed by atoms with van der Waals surface area (Å²) in [4.78, 5) is 37.5. The largest absolute Gasteiger partial charge is 0.335 e. The van der Waals surface area contributed by atoms with Gasteiger partial charge in [0.1, 0.15) is 5.57 Å². The Kier molecular flexibility index (Phi) is 3.95. The number of hydrogen-bond acceptors (Lipinski definition) is 3. The van der Waals surface area contributed by atoms with E-state index in [1.807, 2.05) is 0 Å². The third-order valence-corrected chi connectivity index (χ3v) is 3.67. The zero-order valence-electron chi connectivity index (χ0n) is 11.8. The molecule has 3 rings (SSSR count). The van der Waals surface area contributed by atoms with Crippen LogP contribution in [-0.2, 0) is 9.59 Å². The van der Waals surface area contributed by atoms with Crippen LogP contribution in [0.4, 0.5) is 10.5 Å². The van der Waals surface area contributed by atoms with Crippen molar-refractivity contribution in [3.05, 3.63) is 70.8 Å². The number of nitrogens with one attached hydrogen (secondary N) is 1. The van der Waals surface area contributed by atoms with E-state index in [1.54, 1.807) is 54.6 Å². The van der Waals surface area contributed by atoms with E-state index in [-0.39, 0.29) is 5.57 Å². The lowest BCUT2D eigenvalue weighted by molar-refractivity contribution is -0.122. The van der Waals surface area contributed by atoms with Gasteiger partial charge in [0.25, 0.3) is 11.8 Å². The lowest BCUT2D eigenvalue weighted by Gasteiger charge is -2.26. The van der Waals surface area contributed by atoms with Crippen molar-refractivity contribution < 1.29 is 14.4 Å². The number of barbiturate groups is 1. The Bertz CT molecular complexity index is 831. The quantitative estimate of drug-likeness (QED) is 0.681. The molecule has 5 nitrogen and oxygen atoms in total. The molecule has 0 bridgehead atoms. The Morgan fingerprint density at radius 3 is 2.26 bits per heavy atom. The van der Waals surface area contributed by atoms with Crippen LogP contribution in [0, 0.1) is 0 Å². The van der Waals surface area contributed by atoms with Crippen LogP contribution in [0.1, 0.15) is 5.56 Å². The van der Waals surface area contributed by atoms with Gasteiger partial charge in [0.05, 0.1) is 5.69 Å². The lowest BCUT2D eigenvalue weighted by atomic mass is 10.1. The third kappa shape index (κ3) is 2.86. The molecule has 1 fully saturated rings. The van der Waals surface area contributed by atoms with Gasteiger partial charge in [-0.3, -0.25) is 14.9 Å². The Labute approximate surface area is 137 Å². The van der Waals surface area contributed by atoms with Gasteiger partial charge in [-0.05, 0) is 29.8 Å². The van der Waals surface area contributed by atoms with Crippen LogP contribution in [0.15, 0.2) is 60.2 Å². The van der Waals surface area contributed by atoms with E-state index in [4.69, 9.17) is 11.6 Å². The van der Waals surface area contributed by atoms with Gasteiger partial charge in [-0.1, -0.05) is 48.0 Å². The molecule has 0 unspecified atom stereocenters. The van der Waals surface area contributed by atoms with Crippen LogP contribution in [0.5, 0.6) is 0 Å². The minimum Gasteiger partial charge on any atom is -0.273 e. The maximum atomic E-state index is 12.6. The molecular weight excluding hydrogens is 316 g/mol. The van der Waals surface area contributed by atoms with Gasteiger partial charge in [-0.25, -0.2) is 9.69 Å². The fourth-order valence-corrected chi connectivity index (χ4v) is 2.41. The maximum Gasteiger partial charge on any atom is 0.335 e. The number of halogens is 1. The number of anilines is 1. The number of benzene rings is 2. The first-order valence-electron chi connectivity index (χ1n) is 6.79. The number of nitrogens with zero attached hydrogens (tertiary/aromatic N) is 1. The van der Waals surface area contributed by atoms with Crippen molar-refractivity contribution >= 4 is 41.2 Å². The number of para-hydroxylation sites is 1. The molecule has 1 aliphatic heterocycles. The summed E-state index contributed by atoms with van der Waals surface area (Å²) in [7, 11) is 0. The van der Waals surface area contributed by atoms with Gasteiger partial charge >= 0.3 is 6.03 Å². The van der Waals surface area contributed by atoms with Crippen LogP contribution in [0.2, 0.25) is 5.02 Å². The van der Waals surface area contributed by atoms with Crippen LogP contribution < -0.4 is 10.2 Å². The van der Waals surface area contributed by atoms with Crippen LogP contribution >= 0.6 is 11.6 Å². The second kappa shape index (κ2) is 6.06. The Morgan fingerprint density at radius 1 is 0.913 bits per heavy atom. The smallest absolute Gasteiger partial charge is 0.273 e. The van der Waals surface area contributed by atoms with Gasteiger partial charge in [-0.15, -0.1) is 0 Å². The molecule has 2 aromatic carbocycles. The highest BCUT2D eigenvalue weighted by atomic mass is 35.5. The van der Waals surface area contributed by atoms with Gasteiger partial charge in [0.2, 0.25) is 0 Å². The van der Waals surface area contributed by atoms with E-state index in [0.717, 1.165) is 4.90 Å². The fraction of sp³-hybridized carbons (Fsp3) is 0. The summed E-state index contributed by atoms with van der Waals surface area (Å²) in [5, 5.41) is 2.57. The summed E-state index contributed by atoms with van der Waals surface area (Å²) >= 11 is 6.05. The molecule has 0 radical (unpaired) electrons. The molecule has 23 heavy (non-hydrogen) atoms. The van der Waals surface area contributed by atoms with E-state index in [0.29, 0.717) is 16.3 Å². The van der Waals surface area contributed by atoms with Crippen molar-refractivity contribution in [3.8, 4) is 0 Å². The first-order chi connectivity index (χ1) is 11.1. The summed E-state index contributed by atoms with van der Waals surface area (Å²) in [6.45, 7) is 0. The molecule has 2 aromatic rings. The number of amides is 4. The summed E-state index contributed by atoms with van der Waals surface area (Å²) in [5.74, 6) is -1.43. The number of carbonyl (C=O) groups is 3. The number of urea groups is 1. The second-order valence-electron chi connectivity index (χ2n) is 4.81. The highest BCUT2D eigenvalue weighted by molar-refractivity contribution is 6.39. The predicted octanol–water partition coefficient (Wildman–Crippen LogP) is 3.01. The van der Waals surface area contributed by atoms with E-state index in [1.165, 1.54) is 6.08 Å². The number of rotatable bonds is 2. The van der Waals surface area contributed by atoms with Crippen LogP contribution in [0.3, 0.4) is 0 Å². The van der Waals surface area contributed by atoms with Crippen LogP contribution in [-0.4, -0.2) is 17.8 Å². The monoisotopic (exact) mass is 326 g/mol. The van der Waals surface area contributed by atoms with E-state index < -0.39 is 17.8 Å². The molecule has 0 spiro atoms. The zero-order chi connectivity index (χ0) is 16.4. The molecule has 0 aromatic heterocycles. The number of imide groups is 2. The average Bonchev–Trinajstić information content (AvgIpc) is 2.54. The van der Waals surface area contributed by atoms with E-state index in [9.17, 15) is 14.4 Å². The minimum atomic E-state index is -0.775. The highest BCUT2D eigenvalue weighted by Crippen LogP contribution is 2.23. The first-order valence-corrected chi connectivity index (χ1v) is 7.17. The summed E-state index contributed by atoms with van der Waals surface area (Å²) < 4.78 is 0. The molecule has 1 N–H and O–H groups in total. The fourth-order valence-electron chi connectivity index (χ4n) is 2.22. The number of hydrogen-bond donors (Lipinski definition) is 1. The molecular formula is C17H11ClN2O3. The highest BCUT2D eigenvalue weighted by Gasteiger charge is 2.36. The normalized spacial score (nSPS) is 16.7. The second-order valence-corrected chi connectivity index (χ2v) is 5.22. The molecule has 1 aliphatic rings. The van der Waals surface area contributed by atoms with E-state index >= 15 is 0 Å². The topological polar surface area (TPSA) is 66.5 Å². The molecule has 1 saturated heterocycles. The Morgan fingerprint density at radius 2 is 1.57 bits per heavy atom. The molecule has 114 valence electrons. The van der Waals surface area contributed by atoms with Gasteiger partial charge in [0, 0.05) is 5.02 Å². The Hall–Kier alpha value is -2.92. The summed E-state index contributed by atoms with van der Waals surface area (Å²) in [6, 6.07) is 14.4. The van der Waals surface area contributed by atoms with Gasteiger partial charge in [0.15, 0.2) is 0 Å². The molecule has 4 amide bonds. The third-order valence-electron chi connectivity index (χ3n) is 3.32. The van der Waals surface area contributed by atoms with E-state index in [2.05, 4.69) is 5.32 Å². The van der Waals surface area contributed by atoms with Crippen molar-refractivity contribution in [1.82, 2.24) is 5.32 Å². The molecule has 0 aliphatic carbocycles. The van der Waals surface area contributed by atoms with Crippen molar-refractivity contribution in [2.24, 2.45) is 0 Å².